The van der Waals surface area contributed by atoms with Crippen molar-refractivity contribution in [2.24, 2.45) is 11.7 Å². The van der Waals surface area contributed by atoms with E-state index >= 15 is 0 Å². The molecule has 1 aliphatic heterocycles. The summed E-state index contributed by atoms with van der Waals surface area (Å²) >= 11 is 0. The second-order valence-corrected chi connectivity index (χ2v) is 5.44. The molecule has 4 nitrogen and oxygen atoms in total. The van der Waals surface area contributed by atoms with Crippen molar-refractivity contribution in [3.63, 3.8) is 0 Å². The Balaban J connectivity index is 1.74. The Hall–Kier alpha value is -0.610. The molecule has 2 fully saturated rings. The van der Waals surface area contributed by atoms with Crippen LogP contribution in [0.3, 0.4) is 0 Å². The molecule has 0 aromatic rings. The first-order valence-corrected chi connectivity index (χ1v) is 6.99. The van der Waals surface area contributed by atoms with Crippen molar-refractivity contribution < 1.29 is 4.79 Å². The number of nitrogens with zero attached hydrogens (tertiary/aromatic N) is 1. The lowest BCUT2D eigenvalue weighted by Gasteiger charge is -2.23. The first-order valence-electron chi connectivity index (χ1n) is 6.99. The van der Waals surface area contributed by atoms with Crippen molar-refractivity contribution in [1.82, 2.24) is 10.2 Å². The van der Waals surface area contributed by atoms with Crippen LogP contribution in [-0.4, -0.2) is 42.5 Å². The fourth-order valence-electron chi connectivity index (χ4n) is 2.71. The average molecular weight is 239 g/mol. The van der Waals surface area contributed by atoms with E-state index in [4.69, 9.17) is 5.73 Å². The van der Waals surface area contributed by atoms with Crippen molar-refractivity contribution >= 4 is 5.91 Å². The van der Waals surface area contributed by atoms with E-state index < -0.39 is 0 Å². The Labute approximate surface area is 104 Å². The van der Waals surface area contributed by atoms with Gasteiger partial charge in [0.25, 0.3) is 0 Å². The second kappa shape index (κ2) is 5.83. The third-order valence-corrected chi connectivity index (χ3v) is 3.92. The fraction of sp³-hybridized carbons (Fsp3) is 0.923. The van der Waals surface area contributed by atoms with Crippen molar-refractivity contribution in [3.05, 3.63) is 0 Å². The summed E-state index contributed by atoms with van der Waals surface area (Å²) in [6.45, 7) is 4.92. The lowest BCUT2D eigenvalue weighted by atomic mass is 10.1. The molecule has 3 N–H and O–H groups in total. The fourth-order valence-corrected chi connectivity index (χ4v) is 2.71. The lowest BCUT2D eigenvalue weighted by Crippen LogP contribution is -2.47. The zero-order valence-corrected chi connectivity index (χ0v) is 10.8. The molecular weight excluding hydrogens is 214 g/mol. The van der Waals surface area contributed by atoms with E-state index in [1.54, 1.807) is 0 Å². The highest BCUT2D eigenvalue weighted by molar-refractivity contribution is 5.82. The molecule has 17 heavy (non-hydrogen) atoms. The molecule has 0 radical (unpaired) electrons. The van der Waals surface area contributed by atoms with Crippen LogP contribution in [0, 0.1) is 5.92 Å². The molecule has 0 aromatic heterocycles. The van der Waals surface area contributed by atoms with E-state index in [1.807, 2.05) is 0 Å². The summed E-state index contributed by atoms with van der Waals surface area (Å²) in [6, 6.07) is 0.265. The molecule has 1 amide bonds. The van der Waals surface area contributed by atoms with E-state index in [0.717, 1.165) is 32.4 Å². The van der Waals surface area contributed by atoms with Gasteiger partial charge < -0.3 is 11.1 Å². The molecular formula is C13H25N3O. The molecule has 1 aliphatic carbocycles. The monoisotopic (exact) mass is 239 g/mol. The molecule has 0 aromatic carbocycles. The Morgan fingerprint density at radius 3 is 2.88 bits per heavy atom. The summed E-state index contributed by atoms with van der Waals surface area (Å²) in [7, 11) is 0. The van der Waals surface area contributed by atoms with Crippen LogP contribution in [0.25, 0.3) is 0 Å². The number of amides is 1. The zero-order chi connectivity index (χ0) is 12.3. The Morgan fingerprint density at radius 2 is 2.24 bits per heavy atom. The topological polar surface area (TPSA) is 58.4 Å². The number of hydrogen-bond donors (Lipinski definition) is 2. The predicted molar refractivity (Wildman–Crippen MR) is 68.6 cm³/mol. The van der Waals surface area contributed by atoms with E-state index in [9.17, 15) is 4.79 Å². The number of likely N-dealkylation sites (tertiary alicyclic amines) is 1. The van der Waals surface area contributed by atoms with Crippen LogP contribution in [0.5, 0.6) is 0 Å². The SMILES string of the molecule is CCCN1CCCC1C(=O)NCC(N)C1CC1. The first-order chi connectivity index (χ1) is 8.22. The molecule has 1 saturated heterocycles. The minimum Gasteiger partial charge on any atom is -0.353 e. The molecule has 1 heterocycles. The van der Waals surface area contributed by atoms with Gasteiger partial charge in [0, 0.05) is 12.6 Å². The van der Waals surface area contributed by atoms with Crippen LogP contribution in [0.4, 0.5) is 0 Å². The van der Waals surface area contributed by atoms with Crippen molar-refractivity contribution in [2.75, 3.05) is 19.6 Å². The highest BCUT2D eigenvalue weighted by Gasteiger charge is 2.32. The highest BCUT2D eigenvalue weighted by atomic mass is 16.2. The van der Waals surface area contributed by atoms with Gasteiger partial charge in [0.1, 0.15) is 0 Å². The van der Waals surface area contributed by atoms with E-state index in [1.165, 1.54) is 12.8 Å². The summed E-state index contributed by atoms with van der Waals surface area (Å²) in [5, 5.41) is 3.03. The Bertz CT molecular complexity index is 265. The number of hydrogen-bond acceptors (Lipinski definition) is 3. The van der Waals surface area contributed by atoms with Crippen LogP contribution in [-0.2, 0) is 4.79 Å². The quantitative estimate of drug-likeness (QED) is 0.718. The molecule has 0 spiro atoms. The number of nitrogens with one attached hydrogen (secondary N) is 1. The van der Waals surface area contributed by atoms with Gasteiger partial charge in [0.15, 0.2) is 0 Å². The lowest BCUT2D eigenvalue weighted by molar-refractivity contribution is -0.125. The normalized spacial score (nSPS) is 27.1. The first kappa shape index (κ1) is 12.8. The maximum atomic E-state index is 12.1. The van der Waals surface area contributed by atoms with Crippen LogP contribution >= 0.6 is 0 Å². The molecule has 98 valence electrons. The molecule has 0 bridgehead atoms. The standard InChI is InChI=1S/C13H25N3O/c1-2-7-16-8-3-4-12(16)13(17)15-9-11(14)10-5-6-10/h10-12H,2-9,14H2,1H3,(H,15,17). The van der Waals surface area contributed by atoms with Crippen LogP contribution < -0.4 is 11.1 Å². The molecule has 2 aliphatic rings. The molecule has 1 saturated carbocycles. The Kier molecular flexibility index (Phi) is 4.40. The number of carbonyl (C=O) groups is 1. The smallest absolute Gasteiger partial charge is 0.237 e. The van der Waals surface area contributed by atoms with Gasteiger partial charge in [-0.2, -0.15) is 0 Å². The minimum atomic E-state index is 0.0985. The maximum Gasteiger partial charge on any atom is 0.237 e. The van der Waals surface area contributed by atoms with Gasteiger partial charge in [-0.25, -0.2) is 0 Å². The summed E-state index contributed by atoms with van der Waals surface area (Å²) in [5.74, 6) is 0.845. The highest BCUT2D eigenvalue weighted by Crippen LogP contribution is 2.31. The summed E-state index contributed by atoms with van der Waals surface area (Å²) < 4.78 is 0. The summed E-state index contributed by atoms with van der Waals surface area (Å²) in [4.78, 5) is 14.4. The van der Waals surface area contributed by atoms with Gasteiger partial charge >= 0.3 is 0 Å². The van der Waals surface area contributed by atoms with Crippen LogP contribution in [0.15, 0.2) is 0 Å². The summed E-state index contributed by atoms with van der Waals surface area (Å²) in [6.07, 6.45) is 5.74. The largest absolute Gasteiger partial charge is 0.353 e. The van der Waals surface area contributed by atoms with Gasteiger partial charge in [0.2, 0.25) is 5.91 Å². The molecule has 2 atom stereocenters. The van der Waals surface area contributed by atoms with Crippen molar-refractivity contribution in [2.45, 2.75) is 51.1 Å². The van der Waals surface area contributed by atoms with Crippen molar-refractivity contribution in [3.8, 4) is 0 Å². The second-order valence-electron chi connectivity index (χ2n) is 5.44. The molecule has 4 heteroatoms. The van der Waals surface area contributed by atoms with Gasteiger partial charge in [0.05, 0.1) is 6.04 Å². The predicted octanol–water partition coefficient (Wildman–Crippen LogP) is 0.714. The average Bonchev–Trinajstić information content (AvgIpc) is 3.07. The zero-order valence-electron chi connectivity index (χ0n) is 10.8. The third kappa shape index (κ3) is 3.42. The summed E-state index contributed by atoms with van der Waals surface area (Å²) in [5.41, 5.74) is 5.99. The van der Waals surface area contributed by atoms with Gasteiger partial charge in [-0.15, -0.1) is 0 Å². The van der Waals surface area contributed by atoms with Crippen LogP contribution in [0.1, 0.15) is 39.0 Å². The third-order valence-electron chi connectivity index (χ3n) is 3.92. The minimum absolute atomic E-state index is 0.0985. The molecule has 2 rings (SSSR count). The number of rotatable bonds is 6. The maximum absolute atomic E-state index is 12.1. The van der Waals surface area contributed by atoms with Crippen LogP contribution in [0.2, 0.25) is 0 Å². The van der Waals surface area contributed by atoms with Gasteiger partial charge in [-0.1, -0.05) is 6.92 Å². The number of nitrogens with two attached hydrogens (primary N) is 1. The van der Waals surface area contributed by atoms with Crippen molar-refractivity contribution in [1.29, 1.82) is 0 Å². The van der Waals surface area contributed by atoms with E-state index in [-0.39, 0.29) is 18.0 Å². The number of carbonyl (C=O) groups excluding carboxylic acids is 1. The van der Waals surface area contributed by atoms with E-state index in [2.05, 4.69) is 17.1 Å². The molecule has 2 unspecified atom stereocenters. The van der Waals surface area contributed by atoms with Gasteiger partial charge in [-0.3, -0.25) is 9.69 Å². The van der Waals surface area contributed by atoms with Gasteiger partial charge in [-0.05, 0) is 51.1 Å². The van der Waals surface area contributed by atoms with E-state index in [0.29, 0.717) is 12.5 Å². The Morgan fingerprint density at radius 1 is 1.47 bits per heavy atom.